The van der Waals surface area contributed by atoms with Crippen molar-refractivity contribution in [2.45, 2.75) is 0 Å². The average Bonchev–Trinajstić information content (AvgIpc) is 2.42. The molecular formula is C7H7N3O2. The highest BCUT2D eigenvalue weighted by atomic mass is 16.4. The zero-order valence-electron chi connectivity index (χ0n) is 6.40. The van der Waals surface area contributed by atoms with Crippen LogP contribution in [0.5, 0.6) is 0 Å². The Morgan fingerprint density at radius 2 is 2.50 bits per heavy atom. The molecule has 0 bridgehead atoms. The molecule has 0 aliphatic heterocycles. The summed E-state index contributed by atoms with van der Waals surface area (Å²) < 4.78 is 1.63. The van der Waals surface area contributed by atoms with E-state index in [0.717, 1.165) is 5.39 Å². The molecule has 0 saturated heterocycles. The minimum atomic E-state index is -0.962. The number of hydrogen-bond donors (Lipinski definition) is 2. The third-order valence-electron chi connectivity index (χ3n) is 1.64. The fourth-order valence-corrected chi connectivity index (χ4v) is 1.14. The second-order valence-electron chi connectivity index (χ2n) is 2.59. The van der Waals surface area contributed by atoms with Crippen LogP contribution in [-0.4, -0.2) is 25.8 Å². The van der Waals surface area contributed by atoms with E-state index in [2.05, 4.69) is 10.1 Å². The zero-order valence-corrected chi connectivity index (χ0v) is 6.40. The number of aryl methyl sites for hydroxylation is 1. The van der Waals surface area contributed by atoms with Crippen LogP contribution in [0.1, 0.15) is 10.5 Å². The molecule has 0 saturated carbocycles. The molecule has 0 unspecified atom stereocenters. The fourth-order valence-electron chi connectivity index (χ4n) is 1.14. The third kappa shape index (κ3) is 0.868. The highest BCUT2D eigenvalue weighted by Gasteiger charge is 2.08. The molecule has 2 aromatic heterocycles. The lowest BCUT2D eigenvalue weighted by Crippen LogP contribution is -1.96. The van der Waals surface area contributed by atoms with E-state index in [1.165, 1.54) is 0 Å². The second-order valence-corrected chi connectivity index (χ2v) is 2.59. The molecule has 2 rings (SSSR count). The van der Waals surface area contributed by atoms with Gasteiger partial charge in [0.15, 0.2) is 5.65 Å². The third-order valence-corrected chi connectivity index (χ3v) is 1.64. The smallest absolute Gasteiger partial charge is 0.352 e. The van der Waals surface area contributed by atoms with Gasteiger partial charge in [0.25, 0.3) is 0 Å². The number of nitrogens with one attached hydrogen (secondary N) is 1. The van der Waals surface area contributed by atoms with Gasteiger partial charge in [-0.2, -0.15) is 5.10 Å². The minimum Gasteiger partial charge on any atom is -0.477 e. The first kappa shape index (κ1) is 6.90. The molecule has 0 fully saturated rings. The predicted octanol–water partition coefficient (Wildman–Crippen LogP) is 0.600. The molecule has 2 heterocycles. The summed E-state index contributed by atoms with van der Waals surface area (Å²) in [6.45, 7) is 0. The Morgan fingerprint density at radius 1 is 1.75 bits per heavy atom. The lowest BCUT2D eigenvalue weighted by molar-refractivity contribution is 0.0691. The number of rotatable bonds is 1. The topological polar surface area (TPSA) is 70.9 Å². The summed E-state index contributed by atoms with van der Waals surface area (Å²) in [6, 6.07) is 1.56. The number of carboxylic acid groups (broad SMARTS) is 1. The quantitative estimate of drug-likeness (QED) is 0.650. The number of H-pyrrole nitrogens is 1. The lowest BCUT2D eigenvalue weighted by Gasteiger charge is -1.85. The molecule has 0 amide bonds. The van der Waals surface area contributed by atoms with Crippen LogP contribution in [0.25, 0.3) is 11.0 Å². The van der Waals surface area contributed by atoms with Crippen molar-refractivity contribution in [1.82, 2.24) is 14.8 Å². The maximum atomic E-state index is 10.5. The zero-order chi connectivity index (χ0) is 8.72. The van der Waals surface area contributed by atoms with Gasteiger partial charge in [-0.05, 0) is 6.07 Å². The predicted molar refractivity (Wildman–Crippen MR) is 42.0 cm³/mol. The van der Waals surface area contributed by atoms with Gasteiger partial charge in [-0.15, -0.1) is 0 Å². The first-order valence-corrected chi connectivity index (χ1v) is 3.42. The molecule has 0 atom stereocenters. The van der Waals surface area contributed by atoms with E-state index in [1.807, 2.05) is 0 Å². The number of fused-ring (bicyclic) bond motifs is 1. The van der Waals surface area contributed by atoms with Crippen molar-refractivity contribution < 1.29 is 9.90 Å². The van der Waals surface area contributed by atoms with Gasteiger partial charge in [0.1, 0.15) is 5.69 Å². The van der Waals surface area contributed by atoms with Gasteiger partial charge in [-0.1, -0.05) is 0 Å². The fraction of sp³-hybridized carbons (Fsp3) is 0.143. The van der Waals surface area contributed by atoms with Crippen LogP contribution in [-0.2, 0) is 7.05 Å². The summed E-state index contributed by atoms with van der Waals surface area (Å²) in [4.78, 5) is 13.2. The standard InChI is InChI=1S/C7H7N3O2/c1-10-3-4-2-5(7(11)12)8-6(4)9-10/h2-3H,1H3,(H,8,9)(H,11,12). The molecule has 0 radical (unpaired) electrons. The first-order chi connectivity index (χ1) is 5.66. The molecule has 62 valence electrons. The molecule has 2 aromatic rings. The van der Waals surface area contributed by atoms with E-state index in [1.54, 1.807) is 24.0 Å². The minimum absolute atomic E-state index is 0.174. The van der Waals surface area contributed by atoms with Gasteiger partial charge in [-0.3, -0.25) is 4.68 Å². The summed E-state index contributed by atoms with van der Waals surface area (Å²) in [6.07, 6.45) is 1.76. The van der Waals surface area contributed by atoms with Gasteiger partial charge in [0, 0.05) is 18.6 Å². The van der Waals surface area contributed by atoms with E-state index < -0.39 is 5.97 Å². The summed E-state index contributed by atoms with van der Waals surface area (Å²) in [5.74, 6) is -0.962. The summed E-state index contributed by atoms with van der Waals surface area (Å²) in [5.41, 5.74) is 0.781. The van der Waals surface area contributed by atoms with Crippen LogP contribution < -0.4 is 0 Å². The number of aromatic nitrogens is 3. The summed E-state index contributed by atoms with van der Waals surface area (Å²) in [5, 5.41) is 13.4. The molecule has 5 heteroatoms. The van der Waals surface area contributed by atoms with Crippen LogP contribution in [0.4, 0.5) is 0 Å². The summed E-state index contributed by atoms with van der Waals surface area (Å²) >= 11 is 0. The van der Waals surface area contributed by atoms with Crippen LogP contribution in [0.15, 0.2) is 12.3 Å². The van der Waals surface area contributed by atoms with Crippen LogP contribution in [0, 0.1) is 0 Å². The number of carbonyl (C=O) groups is 1. The van der Waals surface area contributed by atoms with Crippen molar-refractivity contribution in [2.75, 3.05) is 0 Å². The Labute approximate surface area is 67.6 Å². The molecule has 5 nitrogen and oxygen atoms in total. The van der Waals surface area contributed by atoms with Gasteiger partial charge in [-0.25, -0.2) is 4.79 Å². The number of hydrogen-bond acceptors (Lipinski definition) is 2. The van der Waals surface area contributed by atoms with E-state index in [-0.39, 0.29) is 5.69 Å². The molecule has 0 aromatic carbocycles. The number of aromatic carboxylic acids is 1. The normalized spacial score (nSPS) is 10.8. The SMILES string of the molecule is Cn1cc2cc(C(=O)O)[nH]c2n1. The van der Waals surface area contributed by atoms with Crippen molar-refractivity contribution in [2.24, 2.45) is 7.05 Å². The Morgan fingerprint density at radius 3 is 3.08 bits per heavy atom. The molecule has 0 aliphatic carbocycles. The number of nitrogens with zero attached hydrogens (tertiary/aromatic N) is 2. The Kier molecular flexibility index (Phi) is 1.21. The maximum Gasteiger partial charge on any atom is 0.352 e. The highest BCUT2D eigenvalue weighted by Crippen LogP contribution is 2.12. The molecule has 0 spiro atoms. The van der Waals surface area contributed by atoms with Crippen molar-refractivity contribution in [3.8, 4) is 0 Å². The van der Waals surface area contributed by atoms with Crippen LogP contribution in [0.2, 0.25) is 0 Å². The number of aromatic amines is 1. The van der Waals surface area contributed by atoms with Crippen molar-refractivity contribution in [3.05, 3.63) is 18.0 Å². The number of carboxylic acids is 1. The lowest BCUT2D eigenvalue weighted by atomic mass is 10.4. The van der Waals surface area contributed by atoms with Gasteiger partial charge in [0.05, 0.1) is 0 Å². The molecule has 2 N–H and O–H groups in total. The van der Waals surface area contributed by atoms with E-state index in [9.17, 15) is 4.79 Å². The summed E-state index contributed by atoms with van der Waals surface area (Å²) in [7, 11) is 1.79. The average molecular weight is 165 g/mol. The molecule has 0 aliphatic rings. The first-order valence-electron chi connectivity index (χ1n) is 3.42. The molecule has 12 heavy (non-hydrogen) atoms. The van der Waals surface area contributed by atoms with Gasteiger partial charge in [0.2, 0.25) is 0 Å². The Bertz CT molecular complexity index is 409. The van der Waals surface area contributed by atoms with E-state index >= 15 is 0 Å². The maximum absolute atomic E-state index is 10.5. The van der Waals surface area contributed by atoms with Gasteiger partial charge < -0.3 is 10.1 Å². The van der Waals surface area contributed by atoms with Gasteiger partial charge >= 0.3 is 5.97 Å². The van der Waals surface area contributed by atoms with Crippen LogP contribution in [0.3, 0.4) is 0 Å². The van der Waals surface area contributed by atoms with Crippen LogP contribution >= 0.6 is 0 Å². The van der Waals surface area contributed by atoms with E-state index in [4.69, 9.17) is 5.11 Å². The second kappa shape index (κ2) is 2.10. The Balaban J connectivity index is 2.64. The molecular weight excluding hydrogens is 158 g/mol. The van der Waals surface area contributed by atoms with Crippen molar-refractivity contribution in [3.63, 3.8) is 0 Å². The largest absolute Gasteiger partial charge is 0.477 e. The van der Waals surface area contributed by atoms with E-state index in [0.29, 0.717) is 5.65 Å². The Hall–Kier alpha value is -1.78. The van der Waals surface area contributed by atoms with Crippen molar-refractivity contribution >= 4 is 17.0 Å². The highest BCUT2D eigenvalue weighted by molar-refractivity contribution is 5.92. The monoisotopic (exact) mass is 165 g/mol. The van der Waals surface area contributed by atoms with Crippen molar-refractivity contribution in [1.29, 1.82) is 0 Å².